The molecule has 0 spiro atoms. The van der Waals surface area contributed by atoms with Gasteiger partial charge in [-0.15, -0.1) is 0 Å². The van der Waals surface area contributed by atoms with Crippen LogP contribution in [0, 0.1) is 11.8 Å². The van der Waals surface area contributed by atoms with Crippen LogP contribution in [0.4, 0.5) is 5.69 Å². The Morgan fingerprint density at radius 3 is 2.31 bits per heavy atom. The zero-order valence-corrected chi connectivity index (χ0v) is 17.9. The summed E-state index contributed by atoms with van der Waals surface area (Å²) in [6, 6.07) is 14.4. The Morgan fingerprint density at radius 1 is 0.966 bits per heavy atom. The molecule has 2 aromatic carbocycles. The van der Waals surface area contributed by atoms with Gasteiger partial charge in [0.05, 0.1) is 4.90 Å². The van der Waals surface area contributed by atoms with E-state index in [0.717, 1.165) is 24.9 Å². The topological polar surface area (TPSA) is 57.7 Å². The molecule has 1 saturated heterocycles. The van der Waals surface area contributed by atoms with Crippen LogP contribution >= 0.6 is 0 Å². The van der Waals surface area contributed by atoms with Crippen LogP contribution in [0.25, 0.3) is 0 Å². The summed E-state index contributed by atoms with van der Waals surface area (Å²) in [5, 5.41) is 0. The molecule has 29 heavy (non-hydrogen) atoms. The Kier molecular flexibility index (Phi) is 5.49. The highest BCUT2D eigenvalue weighted by Crippen LogP contribution is 2.29. The molecular formula is C23H28N2O3S. The standard InChI is InChI=1S/C23H28N2O3S/c1-17-14-18(2)16-24(15-17)29(27,28)21-11-9-20(10-12-21)23(26)25-13-5-7-19-6-3-4-8-22(19)25/h3-4,6,8-12,17-18H,5,7,13-16H2,1-2H3/t17-,18-/m0/s1. The van der Waals surface area contributed by atoms with Gasteiger partial charge in [-0.05, 0) is 67.0 Å². The Hall–Kier alpha value is -2.18. The zero-order chi connectivity index (χ0) is 20.6. The van der Waals surface area contributed by atoms with Crippen molar-refractivity contribution in [3.8, 4) is 0 Å². The molecule has 5 nitrogen and oxygen atoms in total. The summed E-state index contributed by atoms with van der Waals surface area (Å²) in [5.41, 5.74) is 2.65. The smallest absolute Gasteiger partial charge is 0.258 e. The molecule has 2 aromatic rings. The maximum atomic E-state index is 13.1. The van der Waals surface area contributed by atoms with Crippen molar-refractivity contribution in [1.29, 1.82) is 0 Å². The summed E-state index contributed by atoms with van der Waals surface area (Å²) in [4.78, 5) is 15.1. The first kappa shape index (κ1) is 20.1. The summed E-state index contributed by atoms with van der Waals surface area (Å²) >= 11 is 0. The number of benzene rings is 2. The number of carbonyl (C=O) groups is 1. The van der Waals surface area contributed by atoms with E-state index in [9.17, 15) is 13.2 Å². The molecule has 2 aliphatic rings. The van der Waals surface area contributed by atoms with Crippen molar-refractivity contribution in [3.63, 3.8) is 0 Å². The van der Waals surface area contributed by atoms with E-state index in [4.69, 9.17) is 0 Å². The lowest BCUT2D eigenvalue weighted by atomic mass is 9.94. The maximum absolute atomic E-state index is 13.1. The van der Waals surface area contributed by atoms with Crippen LogP contribution in [0.15, 0.2) is 53.4 Å². The highest BCUT2D eigenvalue weighted by Gasteiger charge is 2.32. The average molecular weight is 413 g/mol. The Labute approximate surface area is 173 Å². The van der Waals surface area contributed by atoms with Crippen LogP contribution in [0.5, 0.6) is 0 Å². The number of nitrogens with zero attached hydrogens (tertiary/aromatic N) is 2. The summed E-state index contributed by atoms with van der Waals surface area (Å²) in [6.45, 7) is 5.97. The number of hydrogen-bond donors (Lipinski definition) is 0. The second kappa shape index (κ2) is 7.92. The number of fused-ring (bicyclic) bond motifs is 1. The molecule has 2 aliphatic heterocycles. The van der Waals surface area contributed by atoms with Gasteiger partial charge in [0, 0.05) is 30.9 Å². The SMILES string of the molecule is C[C@H]1C[C@H](C)CN(S(=O)(=O)c2ccc(C(=O)N3CCCc4ccccc43)cc2)C1. The molecule has 0 bridgehead atoms. The van der Waals surface area contributed by atoms with Crippen molar-refractivity contribution >= 4 is 21.6 Å². The van der Waals surface area contributed by atoms with Gasteiger partial charge in [0.1, 0.15) is 0 Å². The van der Waals surface area contributed by atoms with Crippen LogP contribution in [-0.2, 0) is 16.4 Å². The van der Waals surface area contributed by atoms with Gasteiger partial charge < -0.3 is 4.90 Å². The van der Waals surface area contributed by atoms with Crippen molar-refractivity contribution in [1.82, 2.24) is 4.31 Å². The van der Waals surface area contributed by atoms with Gasteiger partial charge in [-0.1, -0.05) is 32.0 Å². The van der Waals surface area contributed by atoms with Gasteiger partial charge in [0.25, 0.3) is 5.91 Å². The molecular weight excluding hydrogens is 384 g/mol. The lowest BCUT2D eigenvalue weighted by molar-refractivity contribution is 0.0985. The van der Waals surface area contributed by atoms with Crippen LogP contribution in [-0.4, -0.2) is 38.3 Å². The number of para-hydroxylation sites is 1. The number of amides is 1. The van der Waals surface area contributed by atoms with Gasteiger partial charge in [-0.3, -0.25) is 4.79 Å². The fraction of sp³-hybridized carbons (Fsp3) is 0.435. The van der Waals surface area contributed by atoms with Crippen molar-refractivity contribution in [2.75, 3.05) is 24.5 Å². The third-order valence-electron chi connectivity index (χ3n) is 5.93. The number of piperidine rings is 1. The van der Waals surface area contributed by atoms with E-state index in [0.29, 0.717) is 37.0 Å². The first-order valence-corrected chi connectivity index (χ1v) is 11.8. The monoisotopic (exact) mass is 412 g/mol. The molecule has 0 N–H and O–H groups in total. The van der Waals surface area contributed by atoms with E-state index < -0.39 is 10.0 Å². The minimum Gasteiger partial charge on any atom is -0.308 e. The molecule has 2 atom stereocenters. The Balaban J connectivity index is 1.56. The lowest BCUT2D eigenvalue weighted by Gasteiger charge is -2.34. The van der Waals surface area contributed by atoms with Crippen LogP contribution in [0.3, 0.4) is 0 Å². The number of hydrogen-bond acceptors (Lipinski definition) is 3. The van der Waals surface area contributed by atoms with Crippen molar-refractivity contribution in [2.45, 2.75) is 38.0 Å². The van der Waals surface area contributed by atoms with E-state index in [-0.39, 0.29) is 10.8 Å². The van der Waals surface area contributed by atoms with Crippen LogP contribution in [0.2, 0.25) is 0 Å². The number of sulfonamides is 1. The fourth-order valence-electron chi connectivity index (χ4n) is 4.62. The molecule has 0 aromatic heterocycles. The number of carbonyl (C=O) groups excluding carboxylic acids is 1. The molecule has 4 rings (SSSR count). The highest BCUT2D eigenvalue weighted by atomic mass is 32.2. The Bertz CT molecular complexity index is 991. The second-order valence-electron chi connectivity index (χ2n) is 8.48. The Morgan fingerprint density at radius 2 is 1.62 bits per heavy atom. The maximum Gasteiger partial charge on any atom is 0.258 e. The van der Waals surface area contributed by atoms with E-state index in [2.05, 4.69) is 19.9 Å². The molecule has 0 unspecified atom stereocenters. The molecule has 0 aliphatic carbocycles. The molecule has 0 radical (unpaired) electrons. The van der Waals surface area contributed by atoms with Crippen molar-refractivity contribution in [2.24, 2.45) is 11.8 Å². The van der Waals surface area contributed by atoms with Gasteiger partial charge in [-0.25, -0.2) is 8.42 Å². The zero-order valence-electron chi connectivity index (χ0n) is 17.0. The third-order valence-corrected chi connectivity index (χ3v) is 7.78. The van der Waals surface area contributed by atoms with Crippen molar-refractivity contribution in [3.05, 3.63) is 59.7 Å². The van der Waals surface area contributed by atoms with E-state index >= 15 is 0 Å². The summed E-state index contributed by atoms with van der Waals surface area (Å²) in [6.07, 6.45) is 2.96. The number of aryl methyl sites for hydroxylation is 1. The summed E-state index contributed by atoms with van der Waals surface area (Å²) < 4.78 is 27.7. The number of anilines is 1. The first-order valence-electron chi connectivity index (χ1n) is 10.4. The molecule has 154 valence electrons. The van der Waals surface area contributed by atoms with Crippen LogP contribution < -0.4 is 4.90 Å². The summed E-state index contributed by atoms with van der Waals surface area (Å²) in [5.74, 6) is 0.628. The predicted molar refractivity (Wildman–Crippen MR) is 115 cm³/mol. The first-order chi connectivity index (χ1) is 13.9. The largest absolute Gasteiger partial charge is 0.308 e. The summed E-state index contributed by atoms with van der Waals surface area (Å²) in [7, 11) is -3.54. The quantitative estimate of drug-likeness (QED) is 0.767. The minimum atomic E-state index is -3.54. The third kappa shape index (κ3) is 3.96. The van der Waals surface area contributed by atoms with Crippen LogP contribution in [0.1, 0.15) is 42.6 Å². The second-order valence-corrected chi connectivity index (χ2v) is 10.4. The van der Waals surface area contributed by atoms with Gasteiger partial charge in [0.15, 0.2) is 0 Å². The molecule has 1 fully saturated rings. The molecule has 0 saturated carbocycles. The molecule has 1 amide bonds. The van der Waals surface area contributed by atoms with Gasteiger partial charge in [-0.2, -0.15) is 4.31 Å². The van der Waals surface area contributed by atoms with E-state index in [1.807, 2.05) is 18.2 Å². The molecule has 6 heteroatoms. The fourth-order valence-corrected chi connectivity index (χ4v) is 6.30. The van der Waals surface area contributed by atoms with Crippen molar-refractivity contribution < 1.29 is 13.2 Å². The number of rotatable bonds is 3. The molecule has 2 heterocycles. The average Bonchev–Trinajstić information content (AvgIpc) is 2.72. The van der Waals surface area contributed by atoms with Gasteiger partial charge >= 0.3 is 0 Å². The van der Waals surface area contributed by atoms with E-state index in [1.165, 1.54) is 5.56 Å². The normalized spacial score (nSPS) is 22.9. The minimum absolute atomic E-state index is 0.0821. The highest BCUT2D eigenvalue weighted by molar-refractivity contribution is 7.89. The van der Waals surface area contributed by atoms with Gasteiger partial charge in [0.2, 0.25) is 10.0 Å². The predicted octanol–water partition coefficient (Wildman–Crippen LogP) is 3.95. The lowest BCUT2D eigenvalue weighted by Crippen LogP contribution is -2.42. The van der Waals surface area contributed by atoms with E-state index in [1.54, 1.807) is 33.5 Å².